The van der Waals surface area contributed by atoms with Crippen LogP contribution >= 0.6 is 15.9 Å². The summed E-state index contributed by atoms with van der Waals surface area (Å²) >= 11 is 3.50. The summed E-state index contributed by atoms with van der Waals surface area (Å²) in [4.78, 5) is 12.4. The molecule has 3 aromatic rings. The largest absolute Gasteiger partial charge is 0.496 e. The monoisotopic (exact) mass is 457 g/mol. The van der Waals surface area contributed by atoms with Gasteiger partial charge in [0.2, 0.25) is 0 Å². The maximum Gasteiger partial charge on any atom is 0.323 e. The van der Waals surface area contributed by atoms with Gasteiger partial charge in [-0.05, 0) is 51.8 Å². The van der Waals surface area contributed by atoms with Crippen molar-refractivity contribution in [1.82, 2.24) is 9.78 Å². The van der Waals surface area contributed by atoms with Gasteiger partial charge in [-0.3, -0.25) is 4.68 Å². The number of benzene rings is 2. The Morgan fingerprint density at radius 3 is 2.69 bits per heavy atom. The average molecular weight is 458 g/mol. The molecule has 0 radical (unpaired) electrons. The summed E-state index contributed by atoms with van der Waals surface area (Å²) in [6.07, 6.45) is 3.56. The number of rotatable bonds is 6. The van der Waals surface area contributed by atoms with Gasteiger partial charge in [-0.25, -0.2) is 4.79 Å². The van der Waals surface area contributed by atoms with E-state index in [0.717, 1.165) is 21.3 Å². The summed E-state index contributed by atoms with van der Waals surface area (Å²) in [6.45, 7) is 0. The zero-order valence-electron chi connectivity index (χ0n) is 15.9. The molecule has 0 saturated heterocycles. The highest BCUT2D eigenvalue weighted by Gasteiger charge is 2.15. The van der Waals surface area contributed by atoms with Gasteiger partial charge in [-0.1, -0.05) is 12.1 Å². The van der Waals surface area contributed by atoms with Gasteiger partial charge in [0.05, 0.1) is 23.5 Å². The number of carbonyl (C=O) groups excluding carboxylic acids is 1. The molecule has 0 saturated carbocycles. The van der Waals surface area contributed by atoms with Gasteiger partial charge in [-0.2, -0.15) is 5.10 Å². The first-order chi connectivity index (χ1) is 14.0. The molecule has 2 aromatic carbocycles. The van der Waals surface area contributed by atoms with Crippen LogP contribution < -0.4 is 15.4 Å². The predicted octanol–water partition coefficient (Wildman–Crippen LogP) is 4.50. The number of carbonyl (C=O) groups is 1. The van der Waals surface area contributed by atoms with Crippen LogP contribution in [0.15, 0.2) is 58.3 Å². The Morgan fingerprint density at radius 2 is 2.03 bits per heavy atom. The predicted molar refractivity (Wildman–Crippen MR) is 116 cm³/mol. The maximum absolute atomic E-state index is 12.4. The molecule has 1 aromatic heterocycles. The minimum Gasteiger partial charge on any atom is -0.496 e. The van der Waals surface area contributed by atoms with Crippen LogP contribution in [0.2, 0.25) is 0 Å². The first kappa shape index (κ1) is 20.4. The molecule has 0 bridgehead atoms. The van der Waals surface area contributed by atoms with E-state index in [1.54, 1.807) is 36.2 Å². The third-order valence-corrected chi connectivity index (χ3v) is 4.78. The number of methoxy groups -OCH3 is 1. The standard InChI is InChI=1S/C20H20BrN5O3/c1-26-19(17(21)12-22-26)16-11-15(6-7-18(16)29-2)25-20(27)24-14-5-3-4-13(10-14)8-9-23-28/h3-7,9-12,28H,8H2,1-2H3,(H2,24,25,27). The van der Waals surface area contributed by atoms with Gasteiger partial charge in [0.25, 0.3) is 0 Å². The second kappa shape index (κ2) is 9.24. The summed E-state index contributed by atoms with van der Waals surface area (Å²) in [5.41, 5.74) is 3.78. The number of oxime groups is 1. The molecule has 0 unspecified atom stereocenters. The molecule has 0 aliphatic rings. The normalized spacial score (nSPS) is 10.9. The topological polar surface area (TPSA) is 101 Å². The fourth-order valence-corrected chi connectivity index (χ4v) is 3.46. The van der Waals surface area contributed by atoms with Crippen molar-refractivity contribution in [2.45, 2.75) is 6.42 Å². The summed E-state index contributed by atoms with van der Waals surface area (Å²) in [6, 6.07) is 12.3. The van der Waals surface area contributed by atoms with Crippen LogP contribution in [0, 0.1) is 0 Å². The molecule has 9 heteroatoms. The van der Waals surface area contributed by atoms with E-state index in [-0.39, 0.29) is 6.03 Å². The van der Waals surface area contributed by atoms with E-state index >= 15 is 0 Å². The Bertz CT molecular complexity index is 1030. The van der Waals surface area contributed by atoms with E-state index in [1.807, 2.05) is 31.3 Å². The van der Waals surface area contributed by atoms with E-state index in [1.165, 1.54) is 6.21 Å². The highest BCUT2D eigenvalue weighted by atomic mass is 79.9. The molecule has 3 rings (SSSR count). The number of aryl methyl sites for hydroxylation is 1. The van der Waals surface area contributed by atoms with Crippen LogP contribution in [0.1, 0.15) is 5.56 Å². The lowest BCUT2D eigenvalue weighted by molar-refractivity contribution is 0.262. The number of amides is 2. The Kier molecular flexibility index (Phi) is 6.50. The number of anilines is 2. The van der Waals surface area contributed by atoms with Crippen molar-refractivity contribution < 1.29 is 14.7 Å². The zero-order valence-corrected chi connectivity index (χ0v) is 17.5. The van der Waals surface area contributed by atoms with Gasteiger partial charge in [0.15, 0.2) is 0 Å². The second-order valence-corrected chi connectivity index (χ2v) is 7.02. The molecule has 150 valence electrons. The number of nitrogens with zero attached hydrogens (tertiary/aromatic N) is 3. The lowest BCUT2D eigenvalue weighted by atomic mass is 10.1. The summed E-state index contributed by atoms with van der Waals surface area (Å²) < 4.78 is 8.01. The molecule has 0 aliphatic carbocycles. The van der Waals surface area contributed by atoms with E-state index in [4.69, 9.17) is 9.94 Å². The lowest BCUT2D eigenvalue weighted by Crippen LogP contribution is -2.19. The molecule has 3 N–H and O–H groups in total. The van der Waals surface area contributed by atoms with Crippen LogP contribution in [-0.2, 0) is 13.5 Å². The molecule has 0 atom stereocenters. The van der Waals surface area contributed by atoms with Crippen molar-refractivity contribution >= 4 is 39.6 Å². The summed E-state index contributed by atoms with van der Waals surface area (Å²) in [5.74, 6) is 0.665. The molecule has 29 heavy (non-hydrogen) atoms. The third-order valence-electron chi connectivity index (χ3n) is 4.20. The van der Waals surface area contributed by atoms with E-state index in [2.05, 4.69) is 36.8 Å². The van der Waals surface area contributed by atoms with Gasteiger partial charge in [0.1, 0.15) is 5.75 Å². The number of ether oxygens (including phenoxy) is 1. The van der Waals surface area contributed by atoms with Gasteiger partial charge in [0, 0.05) is 36.6 Å². The van der Waals surface area contributed by atoms with Crippen molar-refractivity contribution in [2.24, 2.45) is 12.2 Å². The van der Waals surface area contributed by atoms with Crippen LogP contribution in [0.5, 0.6) is 5.75 Å². The summed E-state index contributed by atoms with van der Waals surface area (Å²) in [5, 5.41) is 21.4. The average Bonchev–Trinajstić information content (AvgIpc) is 3.04. The minimum absolute atomic E-state index is 0.377. The Hall–Kier alpha value is -3.33. The first-order valence-corrected chi connectivity index (χ1v) is 9.50. The number of halogens is 1. The molecule has 0 spiro atoms. The molecule has 1 heterocycles. The molecule has 0 fully saturated rings. The fraction of sp³-hybridized carbons (Fsp3) is 0.150. The van der Waals surface area contributed by atoms with Crippen LogP contribution in [0.4, 0.5) is 16.2 Å². The van der Waals surface area contributed by atoms with Crippen molar-refractivity contribution in [3.63, 3.8) is 0 Å². The van der Waals surface area contributed by atoms with Crippen LogP contribution in [-0.4, -0.2) is 34.3 Å². The molecule has 0 aliphatic heterocycles. The van der Waals surface area contributed by atoms with Gasteiger partial charge < -0.3 is 20.6 Å². The molecular formula is C20H20BrN5O3. The van der Waals surface area contributed by atoms with Crippen LogP contribution in [0.3, 0.4) is 0 Å². The molecular weight excluding hydrogens is 438 g/mol. The zero-order chi connectivity index (χ0) is 20.8. The number of urea groups is 1. The fourth-order valence-electron chi connectivity index (χ4n) is 2.90. The molecule has 2 amide bonds. The van der Waals surface area contributed by atoms with Crippen molar-refractivity contribution in [2.75, 3.05) is 17.7 Å². The Labute approximate surface area is 176 Å². The van der Waals surface area contributed by atoms with Crippen molar-refractivity contribution in [3.05, 3.63) is 58.7 Å². The van der Waals surface area contributed by atoms with Crippen LogP contribution in [0.25, 0.3) is 11.3 Å². The lowest BCUT2D eigenvalue weighted by Gasteiger charge is -2.13. The first-order valence-electron chi connectivity index (χ1n) is 8.70. The Balaban J connectivity index is 1.78. The quantitative estimate of drug-likeness (QED) is 0.288. The molecule has 8 nitrogen and oxygen atoms in total. The second-order valence-electron chi connectivity index (χ2n) is 6.16. The van der Waals surface area contributed by atoms with Crippen molar-refractivity contribution in [3.8, 4) is 17.0 Å². The summed E-state index contributed by atoms with van der Waals surface area (Å²) in [7, 11) is 3.43. The van der Waals surface area contributed by atoms with E-state index < -0.39 is 0 Å². The number of nitrogens with one attached hydrogen (secondary N) is 2. The number of hydrogen-bond acceptors (Lipinski definition) is 5. The van der Waals surface area contributed by atoms with E-state index in [0.29, 0.717) is 23.5 Å². The van der Waals surface area contributed by atoms with Gasteiger partial charge >= 0.3 is 6.03 Å². The van der Waals surface area contributed by atoms with E-state index in [9.17, 15) is 4.79 Å². The maximum atomic E-state index is 12.4. The number of aromatic nitrogens is 2. The third kappa shape index (κ3) is 4.94. The van der Waals surface area contributed by atoms with Crippen molar-refractivity contribution in [1.29, 1.82) is 0 Å². The number of hydrogen-bond donors (Lipinski definition) is 3. The highest BCUT2D eigenvalue weighted by molar-refractivity contribution is 9.10. The highest BCUT2D eigenvalue weighted by Crippen LogP contribution is 2.36. The minimum atomic E-state index is -0.377. The SMILES string of the molecule is COc1ccc(NC(=O)Nc2cccc(CC=NO)c2)cc1-c1c(Br)cnn1C. The smallest absolute Gasteiger partial charge is 0.323 e. The Morgan fingerprint density at radius 1 is 1.28 bits per heavy atom. The van der Waals surface area contributed by atoms with Gasteiger partial charge in [-0.15, -0.1) is 5.16 Å².